The zero-order valence-corrected chi connectivity index (χ0v) is 10.6. The summed E-state index contributed by atoms with van der Waals surface area (Å²) in [6, 6.07) is 0. The highest BCUT2D eigenvalue weighted by atomic mass is 15.6. The Balaban J connectivity index is 2.21. The molecule has 0 bridgehead atoms. The third-order valence-corrected chi connectivity index (χ3v) is 3.69. The number of hydrogen-bond donors (Lipinski definition) is 1. The van der Waals surface area contributed by atoms with Crippen LogP contribution in [0.1, 0.15) is 39.4 Å². The van der Waals surface area contributed by atoms with Gasteiger partial charge in [-0.15, -0.1) is 10.2 Å². The van der Waals surface area contributed by atoms with Crippen molar-refractivity contribution in [3.05, 3.63) is 5.82 Å². The normalized spacial score (nSPS) is 26.2. The minimum Gasteiger partial charge on any atom is -0.310 e. The Labute approximate surface area is 96.6 Å². The SMILES string of the molecule is Cn1nnc(CC2(C(C)(C)C)CCCN2)n1. The van der Waals surface area contributed by atoms with Gasteiger partial charge in [0.15, 0.2) is 5.82 Å². The molecule has 0 radical (unpaired) electrons. The molecule has 1 fully saturated rings. The smallest absolute Gasteiger partial charge is 0.176 e. The zero-order valence-electron chi connectivity index (χ0n) is 10.6. The summed E-state index contributed by atoms with van der Waals surface area (Å²) in [6.45, 7) is 7.93. The van der Waals surface area contributed by atoms with Crippen LogP contribution in [0.15, 0.2) is 0 Å². The van der Waals surface area contributed by atoms with Crippen LogP contribution in [0.5, 0.6) is 0 Å². The van der Waals surface area contributed by atoms with Gasteiger partial charge in [-0.2, -0.15) is 4.80 Å². The Kier molecular flexibility index (Phi) is 2.74. The van der Waals surface area contributed by atoms with Gasteiger partial charge in [0.25, 0.3) is 0 Å². The summed E-state index contributed by atoms with van der Waals surface area (Å²) < 4.78 is 0. The first kappa shape index (κ1) is 11.5. The Morgan fingerprint density at radius 3 is 2.62 bits per heavy atom. The van der Waals surface area contributed by atoms with Crippen molar-refractivity contribution in [3.8, 4) is 0 Å². The Morgan fingerprint density at radius 2 is 2.19 bits per heavy atom. The first-order valence-electron chi connectivity index (χ1n) is 5.91. The van der Waals surface area contributed by atoms with Crippen molar-refractivity contribution in [2.24, 2.45) is 12.5 Å². The molecule has 16 heavy (non-hydrogen) atoms. The number of aryl methyl sites for hydroxylation is 1. The Morgan fingerprint density at radius 1 is 1.44 bits per heavy atom. The van der Waals surface area contributed by atoms with Gasteiger partial charge in [0.2, 0.25) is 0 Å². The average molecular weight is 223 g/mol. The maximum absolute atomic E-state index is 4.29. The number of nitrogens with zero attached hydrogens (tertiary/aromatic N) is 4. The summed E-state index contributed by atoms with van der Waals surface area (Å²) >= 11 is 0. The van der Waals surface area contributed by atoms with Crippen LogP contribution in [-0.4, -0.2) is 32.3 Å². The van der Waals surface area contributed by atoms with E-state index in [4.69, 9.17) is 0 Å². The molecule has 5 nitrogen and oxygen atoms in total. The van der Waals surface area contributed by atoms with E-state index in [2.05, 4.69) is 41.5 Å². The van der Waals surface area contributed by atoms with Gasteiger partial charge in [-0.1, -0.05) is 20.8 Å². The van der Waals surface area contributed by atoms with E-state index in [-0.39, 0.29) is 11.0 Å². The molecular formula is C11H21N5. The maximum Gasteiger partial charge on any atom is 0.176 e. The fourth-order valence-electron chi connectivity index (χ4n) is 2.53. The standard InChI is InChI=1S/C11H21N5/c1-10(2,3)11(6-5-7-12-11)8-9-13-15-16(4)14-9/h12H,5-8H2,1-4H3. The zero-order chi connectivity index (χ0) is 11.8. The largest absolute Gasteiger partial charge is 0.310 e. The van der Waals surface area contributed by atoms with Crippen molar-refractivity contribution in [2.45, 2.75) is 45.6 Å². The molecule has 1 N–H and O–H groups in total. The third-order valence-electron chi connectivity index (χ3n) is 3.69. The van der Waals surface area contributed by atoms with E-state index >= 15 is 0 Å². The van der Waals surface area contributed by atoms with Gasteiger partial charge in [-0.05, 0) is 30.0 Å². The first-order chi connectivity index (χ1) is 7.43. The lowest BCUT2D eigenvalue weighted by Gasteiger charge is -2.41. The fourth-order valence-corrected chi connectivity index (χ4v) is 2.53. The maximum atomic E-state index is 4.29. The lowest BCUT2D eigenvalue weighted by molar-refractivity contribution is 0.156. The monoisotopic (exact) mass is 223 g/mol. The van der Waals surface area contributed by atoms with Crippen molar-refractivity contribution in [3.63, 3.8) is 0 Å². The summed E-state index contributed by atoms with van der Waals surface area (Å²) in [5, 5.41) is 15.9. The molecule has 1 unspecified atom stereocenters. The molecule has 0 spiro atoms. The van der Waals surface area contributed by atoms with Crippen molar-refractivity contribution in [2.75, 3.05) is 6.54 Å². The van der Waals surface area contributed by atoms with Gasteiger partial charge in [-0.25, -0.2) is 0 Å². The molecule has 1 aliphatic heterocycles. The molecule has 1 aromatic rings. The number of hydrogen-bond acceptors (Lipinski definition) is 4. The fraction of sp³-hybridized carbons (Fsp3) is 0.909. The van der Waals surface area contributed by atoms with Crippen molar-refractivity contribution >= 4 is 0 Å². The van der Waals surface area contributed by atoms with Gasteiger partial charge in [0.05, 0.1) is 7.05 Å². The Hall–Kier alpha value is -0.970. The predicted molar refractivity (Wildman–Crippen MR) is 61.9 cm³/mol. The second-order valence-electron chi connectivity index (χ2n) is 5.73. The van der Waals surface area contributed by atoms with Gasteiger partial charge in [0, 0.05) is 12.0 Å². The molecule has 0 saturated carbocycles. The van der Waals surface area contributed by atoms with Crippen molar-refractivity contribution < 1.29 is 0 Å². The van der Waals surface area contributed by atoms with E-state index in [9.17, 15) is 0 Å². The second-order valence-corrected chi connectivity index (χ2v) is 5.73. The molecular weight excluding hydrogens is 202 g/mol. The van der Waals surface area contributed by atoms with Crippen LogP contribution in [0.25, 0.3) is 0 Å². The first-order valence-corrected chi connectivity index (χ1v) is 5.91. The molecule has 0 aliphatic carbocycles. The van der Waals surface area contributed by atoms with Gasteiger partial charge in [-0.3, -0.25) is 0 Å². The summed E-state index contributed by atoms with van der Waals surface area (Å²) in [5.41, 5.74) is 0.332. The molecule has 1 atom stereocenters. The molecule has 90 valence electrons. The summed E-state index contributed by atoms with van der Waals surface area (Å²) in [7, 11) is 1.81. The van der Waals surface area contributed by atoms with Crippen molar-refractivity contribution in [1.82, 2.24) is 25.5 Å². The van der Waals surface area contributed by atoms with Gasteiger partial charge >= 0.3 is 0 Å². The minimum atomic E-state index is 0.121. The highest BCUT2D eigenvalue weighted by Gasteiger charge is 2.44. The van der Waals surface area contributed by atoms with E-state index in [0.29, 0.717) is 0 Å². The topological polar surface area (TPSA) is 55.6 Å². The van der Waals surface area contributed by atoms with Crippen LogP contribution in [0.4, 0.5) is 0 Å². The quantitative estimate of drug-likeness (QED) is 0.810. The summed E-state index contributed by atoms with van der Waals surface area (Å²) in [4.78, 5) is 1.53. The van der Waals surface area contributed by atoms with Crippen LogP contribution >= 0.6 is 0 Å². The number of aromatic nitrogens is 4. The van der Waals surface area contributed by atoms with Crippen molar-refractivity contribution in [1.29, 1.82) is 0 Å². The van der Waals surface area contributed by atoms with Crippen LogP contribution in [-0.2, 0) is 13.5 Å². The second kappa shape index (κ2) is 3.80. The van der Waals surface area contributed by atoms with E-state index < -0.39 is 0 Å². The van der Waals surface area contributed by atoms with E-state index in [1.165, 1.54) is 17.6 Å². The molecule has 1 saturated heterocycles. The summed E-state index contributed by atoms with van der Waals surface area (Å²) in [5.74, 6) is 0.840. The lowest BCUT2D eigenvalue weighted by Crippen LogP contribution is -2.52. The molecule has 1 aromatic heterocycles. The Bertz CT molecular complexity index is 357. The van der Waals surface area contributed by atoms with E-state index in [0.717, 1.165) is 18.8 Å². The molecule has 1 aliphatic rings. The van der Waals surface area contributed by atoms with E-state index in [1.54, 1.807) is 0 Å². The molecule has 2 heterocycles. The predicted octanol–water partition coefficient (Wildman–Crippen LogP) is 0.921. The minimum absolute atomic E-state index is 0.121. The van der Waals surface area contributed by atoms with Crippen LogP contribution in [0, 0.1) is 5.41 Å². The van der Waals surface area contributed by atoms with Crippen LogP contribution < -0.4 is 5.32 Å². The van der Waals surface area contributed by atoms with Gasteiger partial charge < -0.3 is 5.32 Å². The van der Waals surface area contributed by atoms with Gasteiger partial charge in [0.1, 0.15) is 0 Å². The molecule has 0 aromatic carbocycles. The highest BCUT2D eigenvalue weighted by molar-refractivity contribution is 5.06. The molecule has 5 heteroatoms. The third kappa shape index (κ3) is 1.96. The lowest BCUT2D eigenvalue weighted by atomic mass is 9.70. The van der Waals surface area contributed by atoms with Crippen LogP contribution in [0.2, 0.25) is 0 Å². The molecule has 0 amide bonds. The number of nitrogens with one attached hydrogen (secondary N) is 1. The van der Waals surface area contributed by atoms with E-state index in [1.807, 2.05) is 7.05 Å². The average Bonchev–Trinajstić information content (AvgIpc) is 2.75. The molecule has 2 rings (SSSR count). The number of tetrazole rings is 1. The summed E-state index contributed by atoms with van der Waals surface area (Å²) in [6.07, 6.45) is 3.29. The van der Waals surface area contributed by atoms with Crippen LogP contribution in [0.3, 0.4) is 0 Å². The highest BCUT2D eigenvalue weighted by Crippen LogP contribution is 2.39. The number of rotatable bonds is 2.